The van der Waals surface area contributed by atoms with Crippen LogP contribution in [0.15, 0.2) is 53.1 Å². The zero-order chi connectivity index (χ0) is 21.1. The first kappa shape index (κ1) is 19.9. The van der Waals surface area contributed by atoms with Crippen molar-refractivity contribution in [3.8, 4) is 5.75 Å². The molecule has 6 nitrogen and oxygen atoms in total. The topological polar surface area (TPSA) is 58.8 Å². The third-order valence-corrected chi connectivity index (χ3v) is 5.06. The normalized spacial score (nSPS) is 14.1. The molecule has 1 fully saturated rings. The van der Waals surface area contributed by atoms with E-state index in [2.05, 4.69) is 29.1 Å². The Morgan fingerprint density at radius 1 is 1.10 bits per heavy atom. The molecule has 1 amide bonds. The number of hydrogen-bond acceptors (Lipinski definition) is 5. The van der Waals surface area contributed by atoms with Crippen molar-refractivity contribution in [1.82, 2.24) is 10.1 Å². The predicted octanol–water partition coefficient (Wildman–Crippen LogP) is 3.80. The fraction of sp³-hybridized carbons (Fsp3) is 0.273. The fourth-order valence-corrected chi connectivity index (χ4v) is 3.45. The highest BCUT2D eigenvalue weighted by molar-refractivity contribution is 5.92. The van der Waals surface area contributed by atoms with Crippen molar-refractivity contribution in [3.63, 3.8) is 0 Å². The number of halogens is 2. The standard InChI is InChI=1S/C22H21F2N3O3/c1-15-4-2-3-5-20(15)26-8-10-27(11-9-26)22(28)19-13-17(30-25-19)14-29-21-7-6-16(23)12-18(21)24/h2-7,12-13H,8-11,14H2,1H3. The van der Waals surface area contributed by atoms with Gasteiger partial charge in [0.15, 0.2) is 23.0 Å². The van der Waals surface area contributed by atoms with Crippen LogP contribution in [0.1, 0.15) is 21.8 Å². The molecule has 0 saturated carbocycles. The van der Waals surface area contributed by atoms with Crippen molar-refractivity contribution in [2.45, 2.75) is 13.5 Å². The summed E-state index contributed by atoms with van der Waals surface area (Å²) in [7, 11) is 0. The highest BCUT2D eigenvalue weighted by Crippen LogP contribution is 2.22. The minimum atomic E-state index is -0.808. The van der Waals surface area contributed by atoms with E-state index in [1.165, 1.54) is 23.4 Å². The lowest BCUT2D eigenvalue weighted by molar-refractivity contribution is 0.0736. The molecule has 2 heterocycles. The Kier molecular flexibility index (Phi) is 5.65. The minimum Gasteiger partial charge on any atom is -0.482 e. The molecule has 0 N–H and O–H groups in total. The Balaban J connectivity index is 1.34. The minimum absolute atomic E-state index is 0.104. The number of para-hydroxylation sites is 1. The van der Waals surface area contributed by atoms with Gasteiger partial charge >= 0.3 is 0 Å². The average Bonchev–Trinajstić information content (AvgIpc) is 3.22. The van der Waals surface area contributed by atoms with Crippen LogP contribution in [0.2, 0.25) is 0 Å². The molecule has 0 aliphatic carbocycles. The van der Waals surface area contributed by atoms with Crippen molar-refractivity contribution in [2.75, 3.05) is 31.1 Å². The molecule has 1 aliphatic rings. The predicted molar refractivity (Wildman–Crippen MR) is 106 cm³/mol. The molecule has 1 aliphatic heterocycles. The van der Waals surface area contributed by atoms with Crippen LogP contribution in [0.5, 0.6) is 5.75 Å². The lowest BCUT2D eigenvalue weighted by Gasteiger charge is -2.36. The van der Waals surface area contributed by atoms with Gasteiger partial charge in [0, 0.05) is 44.0 Å². The maximum Gasteiger partial charge on any atom is 0.276 e. The first-order chi connectivity index (χ1) is 14.5. The second-order valence-electron chi connectivity index (χ2n) is 7.11. The van der Waals surface area contributed by atoms with Crippen LogP contribution in [0.4, 0.5) is 14.5 Å². The molecule has 0 bridgehead atoms. The smallest absolute Gasteiger partial charge is 0.276 e. The molecule has 1 aromatic heterocycles. The Hall–Kier alpha value is -3.42. The molecule has 4 rings (SSSR count). The molecule has 30 heavy (non-hydrogen) atoms. The summed E-state index contributed by atoms with van der Waals surface area (Å²) < 4.78 is 37.0. The van der Waals surface area contributed by atoms with Crippen LogP contribution in [-0.4, -0.2) is 42.1 Å². The van der Waals surface area contributed by atoms with E-state index in [1.807, 2.05) is 12.1 Å². The number of carbonyl (C=O) groups is 1. The molecule has 1 saturated heterocycles. The zero-order valence-corrected chi connectivity index (χ0v) is 16.5. The number of carbonyl (C=O) groups excluding carboxylic acids is 1. The number of piperazine rings is 1. The second kappa shape index (κ2) is 8.52. The summed E-state index contributed by atoms with van der Waals surface area (Å²) in [4.78, 5) is 16.7. The number of aryl methyl sites for hydroxylation is 1. The monoisotopic (exact) mass is 413 g/mol. The number of hydrogen-bond donors (Lipinski definition) is 0. The number of ether oxygens (including phenoxy) is 1. The van der Waals surface area contributed by atoms with Gasteiger partial charge in [-0.1, -0.05) is 23.4 Å². The highest BCUT2D eigenvalue weighted by Gasteiger charge is 2.25. The maximum absolute atomic E-state index is 13.6. The number of rotatable bonds is 5. The Morgan fingerprint density at radius 2 is 1.87 bits per heavy atom. The first-order valence-corrected chi connectivity index (χ1v) is 9.64. The van der Waals surface area contributed by atoms with E-state index in [0.717, 1.165) is 25.2 Å². The SMILES string of the molecule is Cc1ccccc1N1CCN(C(=O)c2cc(COc3ccc(F)cc3F)on2)CC1. The number of anilines is 1. The van der Waals surface area contributed by atoms with Crippen molar-refractivity contribution in [2.24, 2.45) is 0 Å². The third kappa shape index (κ3) is 4.27. The molecular weight excluding hydrogens is 392 g/mol. The van der Waals surface area contributed by atoms with E-state index < -0.39 is 11.6 Å². The molecule has 8 heteroatoms. The first-order valence-electron chi connectivity index (χ1n) is 9.64. The Bertz CT molecular complexity index is 1050. The van der Waals surface area contributed by atoms with E-state index in [-0.39, 0.29) is 29.7 Å². The fourth-order valence-electron chi connectivity index (χ4n) is 3.45. The molecule has 0 unspecified atom stereocenters. The lowest BCUT2D eigenvalue weighted by atomic mass is 10.1. The van der Waals surface area contributed by atoms with E-state index in [1.54, 1.807) is 4.90 Å². The van der Waals surface area contributed by atoms with Crippen LogP contribution in [-0.2, 0) is 6.61 Å². The number of benzene rings is 2. The average molecular weight is 413 g/mol. The van der Waals surface area contributed by atoms with Gasteiger partial charge in [-0.15, -0.1) is 0 Å². The largest absolute Gasteiger partial charge is 0.482 e. The van der Waals surface area contributed by atoms with Gasteiger partial charge in [-0.3, -0.25) is 4.79 Å². The summed E-state index contributed by atoms with van der Waals surface area (Å²) in [5.74, 6) is -1.54. The third-order valence-electron chi connectivity index (χ3n) is 5.06. The molecule has 2 aromatic carbocycles. The highest BCUT2D eigenvalue weighted by atomic mass is 19.1. The van der Waals surface area contributed by atoms with E-state index >= 15 is 0 Å². The molecule has 3 aromatic rings. The molecule has 156 valence electrons. The van der Waals surface area contributed by atoms with Crippen molar-refractivity contribution < 1.29 is 22.8 Å². The van der Waals surface area contributed by atoms with Gasteiger partial charge < -0.3 is 19.1 Å². The zero-order valence-electron chi connectivity index (χ0n) is 16.5. The number of nitrogens with zero attached hydrogens (tertiary/aromatic N) is 3. The van der Waals surface area contributed by atoms with Gasteiger partial charge in [0.2, 0.25) is 0 Å². The van der Waals surface area contributed by atoms with Crippen LogP contribution < -0.4 is 9.64 Å². The van der Waals surface area contributed by atoms with Crippen LogP contribution in [0, 0.1) is 18.6 Å². The van der Waals surface area contributed by atoms with Crippen LogP contribution >= 0.6 is 0 Å². The molecule has 0 spiro atoms. The van der Waals surface area contributed by atoms with Crippen LogP contribution in [0.3, 0.4) is 0 Å². The molecule has 0 atom stereocenters. The summed E-state index contributed by atoms with van der Waals surface area (Å²) in [5, 5.41) is 3.82. The number of aromatic nitrogens is 1. The van der Waals surface area contributed by atoms with E-state index in [0.29, 0.717) is 13.1 Å². The van der Waals surface area contributed by atoms with Crippen molar-refractivity contribution in [1.29, 1.82) is 0 Å². The van der Waals surface area contributed by atoms with Crippen LogP contribution in [0.25, 0.3) is 0 Å². The Morgan fingerprint density at radius 3 is 2.60 bits per heavy atom. The van der Waals surface area contributed by atoms with Gasteiger partial charge in [-0.25, -0.2) is 8.78 Å². The second-order valence-corrected chi connectivity index (χ2v) is 7.11. The quantitative estimate of drug-likeness (QED) is 0.637. The summed E-state index contributed by atoms with van der Waals surface area (Å²) in [6.45, 7) is 4.56. The van der Waals surface area contributed by atoms with E-state index in [4.69, 9.17) is 9.26 Å². The Labute approximate surface area is 172 Å². The summed E-state index contributed by atoms with van der Waals surface area (Å²) in [6.07, 6.45) is 0. The van der Waals surface area contributed by atoms with Crippen molar-refractivity contribution >= 4 is 11.6 Å². The summed E-state index contributed by atoms with van der Waals surface area (Å²) in [6, 6.07) is 12.7. The van der Waals surface area contributed by atoms with Crippen molar-refractivity contribution in [3.05, 3.63) is 77.2 Å². The van der Waals surface area contributed by atoms with Gasteiger partial charge in [0.1, 0.15) is 12.4 Å². The summed E-state index contributed by atoms with van der Waals surface area (Å²) >= 11 is 0. The molecular formula is C22H21F2N3O3. The van der Waals surface area contributed by atoms with Gasteiger partial charge in [-0.05, 0) is 30.7 Å². The summed E-state index contributed by atoms with van der Waals surface area (Å²) in [5.41, 5.74) is 2.56. The lowest BCUT2D eigenvalue weighted by Crippen LogP contribution is -2.49. The molecule has 0 radical (unpaired) electrons. The van der Waals surface area contributed by atoms with Gasteiger partial charge in [-0.2, -0.15) is 0 Å². The van der Waals surface area contributed by atoms with Gasteiger partial charge in [0.25, 0.3) is 5.91 Å². The van der Waals surface area contributed by atoms with Gasteiger partial charge in [0.05, 0.1) is 0 Å². The number of amides is 1. The maximum atomic E-state index is 13.6. The van der Waals surface area contributed by atoms with E-state index in [9.17, 15) is 13.6 Å².